The summed E-state index contributed by atoms with van der Waals surface area (Å²) in [7, 11) is 0. The molecule has 1 fully saturated rings. The van der Waals surface area contributed by atoms with Crippen LogP contribution in [-0.2, 0) is 4.74 Å². The topological polar surface area (TPSA) is 66.8 Å². The second kappa shape index (κ2) is 5.19. The molecule has 0 aliphatic heterocycles. The van der Waals surface area contributed by atoms with Crippen LogP contribution in [0.15, 0.2) is 24.3 Å². The summed E-state index contributed by atoms with van der Waals surface area (Å²) in [6, 6.07) is 5.99. The lowest BCUT2D eigenvalue weighted by molar-refractivity contribution is 0.00460. The van der Waals surface area contributed by atoms with Crippen LogP contribution < -0.4 is 0 Å². The van der Waals surface area contributed by atoms with Crippen molar-refractivity contribution in [3.63, 3.8) is 0 Å². The van der Waals surface area contributed by atoms with Crippen molar-refractivity contribution in [2.75, 3.05) is 0 Å². The Balaban J connectivity index is 1.91. The van der Waals surface area contributed by atoms with Crippen LogP contribution in [0.25, 0.3) is 0 Å². The number of esters is 1. The quantitative estimate of drug-likeness (QED) is 0.769. The fourth-order valence-electron chi connectivity index (χ4n) is 1.98. The Morgan fingerprint density at radius 2 is 1.71 bits per heavy atom. The second-order valence-electron chi connectivity index (χ2n) is 4.38. The molecule has 0 bridgehead atoms. The highest BCUT2D eigenvalue weighted by Crippen LogP contribution is 2.22. The molecule has 2 rings (SSSR count). The normalized spacial score (nSPS) is 24.3. The van der Waals surface area contributed by atoms with Gasteiger partial charge in [-0.05, 0) is 49.9 Å². The van der Waals surface area contributed by atoms with Gasteiger partial charge in [0.15, 0.2) is 0 Å². The van der Waals surface area contributed by atoms with Crippen molar-refractivity contribution in [1.82, 2.24) is 0 Å². The Kier molecular flexibility index (Phi) is 3.64. The molecule has 0 spiro atoms. The summed E-state index contributed by atoms with van der Waals surface area (Å²) in [5, 5.41) is 18.4. The lowest BCUT2D eigenvalue weighted by Gasteiger charge is -2.25. The van der Waals surface area contributed by atoms with Crippen LogP contribution in [0.5, 0.6) is 5.75 Å². The number of carbonyl (C=O) groups is 1. The highest BCUT2D eigenvalue weighted by atomic mass is 16.5. The summed E-state index contributed by atoms with van der Waals surface area (Å²) < 4.78 is 5.33. The molecule has 0 saturated heterocycles. The molecule has 92 valence electrons. The van der Waals surface area contributed by atoms with Crippen LogP contribution >= 0.6 is 0 Å². The number of hydrogen-bond donors (Lipinski definition) is 2. The number of aromatic hydroxyl groups is 1. The van der Waals surface area contributed by atoms with Gasteiger partial charge in [-0.25, -0.2) is 4.79 Å². The van der Waals surface area contributed by atoms with E-state index in [-0.39, 0.29) is 23.9 Å². The molecule has 4 heteroatoms. The van der Waals surface area contributed by atoms with E-state index < -0.39 is 0 Å². The third kappa shape index (κ3) is 3.20. The summed E-state index contributed by atoms with van der Waals surface area (Å²) in [6.07, 6.45) is 2.45. The van der Waals surface area contributed by atoms with Crippen molar-refractivity contribution in [1.29, 1.82) is 0 Å². The van der Waals surface area contributed by atoms with Crippen LogP contribution in [0, 0.1) is 0 Å². The lowest BCUT2D eigenvalue weighted by Crippen LogP contribution is -2.26. The van der Waals surface area contributed by atoms with Crippen molar-refractivity contribution in [2.24, 2.45) is 0 Å². The maximum atomic E-state index is 11.7. The van der Waals surface area contributed by atoms with Crippen molar-refractivity contribution in [3.8, 4) is 5.75 Å². The van der Waals surface area contributed by atoms with Crippen LogP contribution in [0.1, 0.15) is 36.0 Å². The number of rotatable bonds is 2. The molecule has 0 radical (unpaired) electrons. The molecule has 1 aromatic carbocycles. The van der Waals surface area contributed by atoms with Gasteiger partial charge in [0.1, 0.15) is 11.9 Å². The molecule has 0 aromatic heterocycles. The second-order valence-corrected chi connectivity index (χ2v) is 4.38. The van der Waals surface area contributed by atoms with Crippen LogP contribution in [-0.4, -0.2) is 28.4 Å². The molecule has 1 aliphatic carbocycles. The average Bonchev–Trinajstić information content (AvgIpc) is 2.33. The van der Waals surface area contributed by atoms with E-state index >= 15 is 0 Å². The number of phenolic OH excluding ortho intramolecular Hbond substituents is 1. The zero-order chi connectivity index (χ0) is 12.3. The monoisotopic (exact) mass is 236 g/mol. The Hall–Kier alpha value is -1.55. The molecular weight excluding hydrogens is 220 g/mol. The van der Waals surface area contributed by atoms with Crippen LogP contribution in [0.4, 0.5) is 0 Å². The van der Waals surface area contributed by atoms with Crippen molar-refractivity contribution < 1.29 is 19.7 Å². The first-order valence-electron chi connectivity index (χ1n) is 5.83. The fourth-order valence-corrected chi connectivity index (χ4v) is 1.98. The van der Waals surface area contributed by atoms with Gasteiger partial charge >= 0.3 is 5.97 Å². The maximum Gasteiger partial charge on any atom is 0.338 e. The predicted octanol–water partition coefficient (Wildman–Crippen LogP) is 1.85. The molecule has 17 heavy (non-hydrogen) atoms. The first kappa shape index (κ1) is 11.9. The minimum absolute atomic E-state index is 0.0975. The fraction of sp³-hybridized carbons (Fsp3) is 0.462. The van der Waals surface area contributed by atoms with Crippen molar-refractivity contribution in [2.45, 2.75) is 37.9 Å². The number of phenols is 1. The summed E-state index contributed by atoms with van der Waals surface area (Å²) in [4.78, 5) is 11.7. The maximum absolute atomic E-state index is 11.7. The number of carbonyl (C=O) groups excluding carboxylic acids is 1. The van der Waals surface area contributed by atoms with Gasteiger partial charge in [0, 0.05) is 0 Å². The summed E-state index contributed by atoms with van der Waals surface area (Å²) >= 11 is 0. The third-order valence-electron chi connectivity index (χ3n) is 3.02. The molecule has 1 aliphatic rings. The molecule has 0 atom stereocenters. The Bertz CT molecular complexity index is 377. The highest BCUT2D eigenvalue weighted by molar-refractivity contribution is 5.89. The van der Waals surface area contributed by atoms with E-state index in [1.54, 1.807) is 0 Å². The van der Waals surface area contributed by atoms with Gasteiger partial charge in [0.2, 0.25) is 0 Å². The van der Waals surface area contributed by atoms with E-state index in [4.69, 9.17) is 9.84 Å². The van der Waals surface area contributed by atoms with Crippen molar-refractivity contribution in [3.05, 3.63) is 29.8 Å². The molecule has 1 aromatic rings. The zero-order valence-electron chi connectivity index (χ0n) is 9.50. The number of benzene rings is 1. The standard InChI is InChI=1S/C13H16O4/c14-10-3-1-9(2-4-10)13(16)17-12-7-5-11(15)6-8-12/h1-4,11-12,14-15H,5-8H2. The van der Waals surface area contributed by atoms with Gasteiger partial charge in [-0.15, -0.1) is 0 Å². The number of aliphatic hydroxyl groups is 1. The average molecular weight is 236 g/mol. The smallest absolute Gasteiger partial charge is 0.338 e. The van der Waals surface area contributed by atoms with E-state index in [0.717, 1.165) is 0 Å². The van der Waals surface area contributed by atoms with E-state index in [2.05, 4.69) is 0 Å². The minimum atomic E-state index is -0.369. The first-order chi connectivity index (χ1) is 8.15. The Labute approximate surface area is 99.8 Å². The minimum Gasteiger partial charge on any atom is -0.508 e. The molecule has 1 saturated carbocycles. The van der Waals surface area contributed by atoms with Crippen LogP contribution in [0.3, 0.4) is 0 Å². The molecular formula is C13H16O4. The van der Waals surface area contributed by atoms with Crippen molar-refractivity contribution >= 4 is 5.97 Å². The van der Waals surface area contributed by atoms with Gasteiger partial charge in [0.25, 0.3) is 0 Å². The first-order valence-corrected chi connectivity index (χ1v) is 5.83. The van der Waals surface area contributed by atoms with Gasteiger partial charge in [-0.3, -0.25) is 0 Å². The van der Waals surface area contributed by atoms with Gasteiger partial charge < -0.3 is 14.9 Å². The van der Waals surface area contributed by atoms with Gasteiger partial charge in [0.05, 0.1) is 11.7 Å². The van der Waals surface area contributed by atoms with Gasteiger partial charge in [-0.2, -0.15) is 0 Å². The number of ether oxygens (including phenoxy) is 1. The van der Waals surface area contributed by atoms with E-state index in [0.29, 0.717) is 31.2 Å². The molecule has 4 nitrogen and oxygen atoms in total. The molecule has 0 amide bonds. The number of aliphatic hydroxyl groups excluding tert-OH is 1. The molecule has 2 N–H and O–H groups in total. The summed E-state index contributed by atoms with van der Waals surface area (Å²) in [5.74, 6) is -0.242. The zero-order valence-corrected chi connectivity index (χ0v) is 9.50. The van der Waals surface area contributed by atoms with E-state index in [9.17, 15) is 9.90 Å². The Morgan fingerprint density at radius 3 is 2.29 bits per heavy atom. The van der Waals surface area contributed by atoms with E-state index in [1.165, 1.54) is 24.3 Å². The highest BCUT2D eigenvalue weighted by Gasteiger charge is 2.22. The SMILES string of the molecule is O=C(OC1CCC(O)CC1)c1ccc(O)cc1. The summed E-state index contributed by atoms with van der Waals surface area (Å²) in [6.45, 7) is 0. The number of hydrogen-bond acceptors (Lipinski definition) is 4. The van der Waals surface area contributed by atoms with Gasteiger partial charge in [-0.1, -0.05) is 0 Å². The van der Waals surface area contributed by atoms with Crippen LogP contribution in [0.2, 0.25) is 0 Å². The largest absolute Gasteiger partial charge is 0.508 e. The Morgan fingerprint density at radius 1 is 1.12 bits per heavy atom. The van der Waals surface area contributed by atoms with E-state index in [1.807, 2.05) is 0 Å². The molecule has 0 heterocycles. The lowest BCUT2D eigenvalue weighted by atomic mass is 9.95. The molecule has 0 unspecified atom stereocenters. The predicted molar refractivity (Wildman–Crippen MR) is 61.8 cm³/mol. The summed E-state index contributed by atoms with van der Waals surface area (Å²) in [5.41, 5.74) is 0.439. The third-order valence-corrected chi connectivity index (χ3v) is 3.02.